The van der Waals surface area contributed by atoms with Crippen molar-refractivity contribution in [2.24, 2.45) is 5.92 Å². The van der Waals surface area contributed by atoms with Crippen molar-refractivity contribution in [1.29, 1.82) is 0 Å². The number of piperidine rings is 1. The van der Waals surface area contributed by atoms with Crippen LogP contribution in [-0.2, 0) is 20.4 Å². The number of anilines is 1. The van der Waals surface area contributed by atoms with Gasteiger partial charge < -0.3 is 23.8 Å². The van der Waals surface area contributed by atoms with E-state index in [-0.39, 0.29) is 13.2 Å². The van der Waals surface area contributed by atoms with Crippen LogP contribution in [0.5, 0.6) is 5.75 Å². The summed E-state index contributed by atoms with van der Waals surface area (Å²) in [6, 6.07) is 5.83. The smallest absolute Gasteiger partial charge is 0.316 e. The van der Waals surface area contributed by atoms with Crippen molar-refractivity contribution < 1.29 is 23.5 Å². The molecule has 2 aromatic heterocycles. The summed E-state index contributed by atoms with van der Waals surface area (Å²) in [4.78, 5) is 20.4. The monoisotopic (exact) mass is 463 g/mol. The minimum atomic E-state index is -3.07. The zero-order chi connectivity index (χ0) is 22.3. The molecule has 13 heteroatoms. The number of ether oxygens (including phenoxy) is 2. The summed E-state index contributed by atoms with van der Waals surface area (Å²) in [7, 11) is -1.44. The average molecular weight is 463 g/mol. The average Bonchev–Trinajstić information content (AvgIpc) is 3.32. The first-order chi connectivity index (χ1) is 15.6. The van der Waals surface area contributed by atoms with Crippen molar-refractivity contribution in [3.8, 4) is 5.75 Å². The second kappa shape index (κ2) is 10.8. The molecule has 0 amide bonds. The molecule has 3 heterocycles. The highest BCUT2D eigenvalue weighted by Crippen LogP contribution is 2.33. The molecule has 12 nitrogen and oxygen atoms in total. The highest BCUT2D eigenvalue weighted by molar-refractivity contribution is 7.32. The minimum absolute atomic E-state index is 0.158. The first kappa shape index (κ1) is 22.5. The number of hydrogen-bond donors (Lipinski definition) is 2. The number of nitrogens with one attached hydrogen (secondary N) is 1. The summed E-state index contributed by atoms with van der Waals surface area (Å²) < 4.78 is 27.5. The molecule has 3 aromatic rings. The third-order valence-corrected chi connectivity index (χ3v) is 6.06. The van der Waals surface area contributed by atoms with Crippen LogP contribution in [0, 0.1) is 5.92 Å². The molecule has 172 valence electrons. The number of fused-ring (bicyclic) bond motifs is 1. The van der Waals surface area contributed by atoms with E-state index in [0.29, 0.717) is 18.2 Å². The fourth-order valence-electron chi connectivity index (χ4n) is 4.03. The molecule has 0 spiro atoms. The van der Waals surface area contributed by atoms with Crippen molar-refractivity contribution in [3.63, 3.8) is 0 Å². The van der Waals surface area contributed by atoms with Crippen LogP contribution in [0.2, 0.25) is 0 Å². The van der Waals surface area contributed by atoms with E-state index in [4.69, 9.17) is 14.0 Å². The summed E-state index contributed by atoms with van der Waals surface area (Å²) >= 11 is 0. The standard InChI is InChI=1S/C19H26N7O5P/c1-29-16-4-2-3-15-18(16)20-12-21-19(15)26-7-5-13(6-8-26)9-14(31-32(27)28)10-30-11-17-22-24-25-23-17/h2-4,12-14,32H,5-11H2,1H3,(H,27,28)(H,22,23,24,25). The Balaban J connectivity index is 1.35. The Morgan fingerprint density at radius 2 is 2.16 bits per heavy atom. The molecule has 32 heavy (non-hydrogen) atoms. The molecule has 1 fully saturated rings. The van der Waals surface area contributed by atoms with E-state index in [1.54, 1.807) is 13.4 Å². The predicted molar refractivity (Wildman–Crippen MR) is 116 cm³/mol. The van der Waals surface area contributed by atoms with Crippen molar-refractivity contribution in [2.75, 3.05) is 31.7 Å². The van der Waals surface area contributed by atoms with E-state index < -0.39 is 14.4 Å². The van der Waals surface area contributed by atoms with Crippen LogP contribution in [0.25, 0.3) is 10.9 Å². The molecule has 0 bridgehead atoms. The fraction of sp³-hybridized carbons (Fsp3) is 0.526. The molecule has 2 unspecified atom stereocenters. The van der Waals surface area contributed by atoms with Crippen LogP contribution < -0.4 is 9.64 Å². The molecule has 1 aliphatic heterocycles. The Bertz CT molecular complexity index is 1030. The minimum Gasteiger partial charge on any atom is -0.494 e. The zero-order valence-electron chi connectivity index (χ0n) is 17.7. The molecule has 2 atom stereocenters. The van der Waals surface area contributed by atoms with Crippen molar-refractivity contribution >= 4 is 25.0 Å². The maximum absolute atomic E-state index is 11.3. The van der Waals surface area contributed by atoms with Gasteiger partial charge in [-0.05, 0) is 37.3 Å². The van der Waals surface area contributed by atoms with Gasteiger partial charge in [0.2, 0.25) is 0 Å². The molecular weight excluding hydrogens is 437 g/mol. The van der Waals surface area contributed by atoms with Crippen molar-refractivity contribution in [2.45, 2.75) is 32.0 Å². The van der Waals surface area contributed by atoms with E-state index in [1.807, 2.05) is 18.2 Å². The normalized spacial score (nSPS) is 16.9. The molecule has 1 aromatic carbocycles. The van der Waals surface area contributed by atoms with E-state index in [0.717, 1.165) is 48.4 Å². The van der Waals surface area contributed by atoms with Crippen LogP contribution in [0.15, 0.2) is 24.5 Å². The summed E-state index contributed by atoms with van der Waals surface area (Å²) in [5.41, 5.74) is 0.794. The van der Waals surface area contributed by atoms with E-state index in [1.165, 1.54) is 0 Å². The molecule has 1 saturated heterocycles. The van der Waals surface area contributed by atoms with Crippen LogP contribution in [0.4, 0.5) is 5.82 Å². The van der Waals surface area contributed by atoms with Gasteiger partial charge in [0, 0.05) is 18.5 Å². The number of tetrazole rings is 1. The molecule has 4 rings (SSSR count). The maximum Gasteiger partial charge on any atom is 0.316 e. The highest BCUT2D eigenvalue weighted by atomic mass is 31.1. The Morgan fingerprint density at radius 1 is 1.31 bits per heavy atom. The van der Waals surface area contributed by atoms with Crippen molar-refractivity contribution in [3.05, 3.63) is 30.4 Å². The third-order valence-electron chi connectivity index (χ3n) is 5.53. The van der Waals surface area contributed by atoms with Gasteiger partial charge in [-0.25, -0.2) is 9.97 Å². The van der Waals surface area contributed by atoms with Gasteiger partial charge in [-0.1, -0.05) is 11.3 Å². The van der Waals surface area contributed by atoms with Gasteiger partial charge in [0.15, 0.2) is 5.82 Å². The number of methoxy groups -OCH3 is 1. The molecule has 0 saturated carbocycles. The maximum atomic E-state index is 11.3. The number of hydrogen-bond acceptors (Lipinski definition) is 10. The Labute approximate surface area is 185 Å². The van der Waals surface area contributed by atoms with Gasteiger partial charge in [0.05, 0.1) is 19.8 Å². The topological polar surface area (TPSA) is 148 Å². The van der Waals surface area contributed by atoms with Gasteiger partial charge in [-0.15, -0.1) is 10.2 Å². The molecule has 0 radical (unpaired) electrons. The number of benzene rings is 1. The summed E-state index contributed by atoms with van der Waals surface area (Å²) in [5, 5.41) is 14.4. The molecular formula is C19H26N7O5P. The molecule has 1 aliphatic rings. The number of rotatable bonds is 10. The summed E-state index contributed by atoms with van der Waals surface area (Å²) in [6.07, 6.45) is 3.55. The number of H-pyrrole nitrogens is 1. The number of nitrogens with zero attached hydrogens (tertiary/aromatic N) is 6. The van der Waals surface area contributed by atoms with E-state index >= 15 is 0 Å². The quantitative estimate of drug-likeness (QED) is 0.423. The first-order valence-corrected chi connectivity index (χ1v) is 11.6. The van der Waals surface area contributed by atoms with Crippen molar-refractivity contribution in [1.82, 2.24) is 30.6 Å². The highest BCUT2D eigenvalue weighted by Gasteiger charge is 2.26. The molecule has 0 aliphatic carbocycles. The Hall–Kier alpha value is -2.66. The van der Waals surface area contributed by atoms with Gasteiger partial charge in [-0.3, -0.25) is 4.57 Å². The van der Waals surface area contributed by atoms with Crippen LogP contribution in [-0.4, -0.2) is 68.4 Å². The first-order valence-electron chi connectivity index (χ1n) is 10.4. The fourth-order valence-corrected chi connectivity index (χ4v) is 4.48. The Kier molecular flexibility index (Phi) is 7.59. The summed E-state index contributed by atoms with van der Waals surface area (Å²) in [6.45, 7) is 1.98. The lowest BCUT2D eigenvalue weighted by atomic mass is 9.91. The second-order valence-electron chi connectivity index (χ2n) is 7.57. The SMILES string of the molecule is COc1cccc2c(N3CCC(CC(COCc4nn[nH]n4)O[PH](=O)O)CC3)ncnc12. The lowest BCUT2D eigenvalue weighted by Crippen LogP contribution is -2.36. The zero-order valence-corrected chi connectivity index (χ0v) is 18.7. The lowest BCUT2D eigenvalue weighted by Gasteiger charge is -2.34. The third kappa shape index (κ3) is 5.57. The van der Waals surface area contributed by atoms with E-state index in [9.17, 15) is 9.46 Å². The Morgan fingerprint density at radius 3 is 2.88 bits per heavy atom. The largest absolute Gasteiger partial charge is 0.494 e. The number of para-hydroxylation sites is 1. The lowest BCUT2D eigenvalue weighted by molar-refractivity contribution is 0.0242. The van der Waals surface area contributed by atoms with Crippen LogP contribution in [0.3, 0.4) is 0 Å². The van der Waals surface area contributed by atoms with E-state index in [2.05, 4.69) is 35.5 Å². The number of aromatic nitrogens is 6. The van der Waals surface area contributed by atoms with Gasteiger partial charge in [0.25, 0.3) is 0 Å². The summed E-state index contributed by atoms with van der Waals surface area (Å²) in [5.74, 6) is 2.38. The van der Waals surface area contributed by atoms with Gasteiger partial charge >= 0.3 is 8.25 Å². The number of aromatic amines is 1. The molecule has 2 N–H and O–H groups in total. The predicted octanol–water partition coefficient (Wildman–Crippen LogP) is 1.74. The van der Waals surface area contributed by atoms with Crippen LogP contribution >= 0.6 is 8.25 Å². The van der Waals surface area contributed by atoms with Crippen LogP contribution in [0.1, 0.15) is 25.1 Å². The second-order valence-corrected chi connectivity index (χ2v) is 8.34. The van der Waals surface area contributed by atoms with Gasteiger partial charge in [-0.2, -0.15) is 5.21 Å². The van der Waals surface area contributed by atoms with Gasteiger partial charge in [0.1, 0.15) is 30.0 Å².